The summed E-state index contributed by atoms with van der Waals surface area (Å²) in [6, 6.07) is 0. The summed E-state index contributed by atoms with van der Waals surface area (Å²) in [6.07, 6.45) is 92.9. The van der Waals surface area contributed by atoms with Gasteiger partial charge in [0.15, 0.2) is 6.10 Å². The van der Waals surface area contributed by atoms with Gasteiger partial charge in [-0.05, 0) is 148 Å². The maximum absolute atomic E-state index is 13.0. The van der Waals surface area contributed by atoms with Gasteiger partial charge in [0.2, 0.25) is 0 Å². The van der Waals surface area contributed by atoms with E-state index in [1.165, 1.54) is 70.6 Å². The minimum Gasteiger partial charge on any atom is -0.463 e. The highest BCUT2D eigenvalue weighted by atomic mass is 31.2. The van der Waals surface area contributed by atoms with Crippen molar-refractivity contribution in [1.29, 1.82) is 0 Å². The molecule has 0 radical (unpaired) electrons. The Labute approximate surface area is 612 Å². The number of esters is 3. The van der Waals surface area contributed by atoms with Gasteiger partial charge < -0.3 is 34.2 Å². The molecule has 576 valence electrons. The SMILES string of the molecule is CC/C=C\C/C=C\C/C=C\C/C=C\C/C=C\C/C=C\CCCCCCCCCCCCC(=O)OCC(O)COP(=O)(O)OCC(O)COP(=O)(O)OCC(COC(=O)CCCC/C=C\C/C=C\C/C=C\C/C=C\C/C=C\C/C=C\CC)OC(=O)CCCCCCC/C=C\CCCCCCCC. The van der Waals surface area contributed by atoms with E-state index in [1.54, 1.807) is 0 Å². The Balaban J connectivity index is 4.60. The monoisotopic (exact) mass is 1450 g/mol. The van der Waals surface area contributed by atoms with Crippen LogP contribution in [0.3, 0.4) is 0 Å². The highest BCUT2D eigenvalue weighted by Crippen LogP contribution is 2.45. The summed E-state index contributed by atoms with van der Waals surface area (Å²) in [6.45, 7) is 2.37. The molecule has 0 saturated heterocycles. The Morgan fingerprint density at radius 1 is 0.287 bits per heavy atom. The maximum Gasteiger partial charge on any atom is 0.472 e. The molecule has 0 fully saturated rings. The predicted octanol–water partition coefficient (Wildman–Crippen LogP) is 22.6. The molecule has 0 aliphatic heterocycles. The van der Waals surface area contributed by atoms with Crippen molar-refractivity contribution < 1.29 is 75.8 Å². The van der Waals surface area contributed by atoms with Crippen LogP contribution in [0.1, 0.15) is 290 Å². The first kappa shape index (κ1) is 96.2. The van der Waals surface area contributed by atoms with Crippen LogP contribution in [0.15, 0.2) is 158 Å². The number of phosphoric ester groups is 2. The average molecular weight is 1450 g/mol. The van der Waals surface area contributed by atoms with Crippen LogP contribution in [0.2, 0.25) is 0 Å². The summed E-state index contributed by atoms with van der Waals surface area (Å²) in [5.41, 5.74) is 0. The van der Waals surface area contributed by atoms with Crippen molar-refractivity contribution in [2.75, 3.05) is 39.6 Å². The molecule has 101 heavy (non-hydrogen) atoms. The van der Waals surface area contributed by atoms with E-state index in [2.05, 4.69) is 179 Å². The third kappa shape index (κ3) is 76.1. The molecule has 0 aliphatic carbocycles. The number of allylic oxidation sites excluding steroid dienone is 26. The van der Waals surface area contributed by atoms with Gasteiger partial charge in [0, 0.05) is 19.3 Å². The predicted molar refractivity (Wildman–Crippen MR) is 417 cm³/mol. The van der Waals surface area contributed by atoms with Crippen molar-refractivity contribution >= 4 is 33.6 Å². The Hall–Kier alpha value is -4.83. The molecular formula is C83H138O16P2. The molecule has 16 nitrogen and oxygen atoms in total. The maximum atomic E-state index is 13.0. The van der Waals surface area contributed by atoms with E-state index in [0.29, 0.717) is 19.3 Å². The molecule has 18 heteroatoms. The van der Waals surface area contributed by atoms with E-state index < -0.39 is 91.5 Å². The summed E-state index contributed by atoms with van der Waals surface area (Å²) in [7, 11) is -9.81. The number of hydrogen-bond donors (Lipinski definition) is 4. The molecule has 0 aromatic carbocycles. The van der Waals surface area contributed by atoms with Crippen LogP contribution in [0.5, 0.6) is 0 Å². The zero-order valence-corrected chi connectivity index (χ0v) is 64.6. The Morgan fingerprint density at radius 3 is 0.861 bits per heavy atom. The van der Waals surface area contributed by atoms with Gasteiger partial charge in [0.25, 0.3) is 0 Å². The van der Waals surface area contributed by atoms with Gasteiger partial charge in [-0.1, -0.05) is 281 Å². The van der Waals surface area contributed by atoms with Gasteiger partial charge in [-0.2, -0.15) is 0 Å². The summed E-state index contributed by atoms with van der Waals surface area (Å²) in [4.78, 5) is 58.6. The Bertz CT molecular complexity index is 2470. The molecule has 4 N–H and O–H groups in total. The minimum absolute atomic E-state index is 0.0807. The highest BCUT2D eigenvalue weighted by Gasteiger charge is 2.29. The van der Waals surface area contributed by atoms with Crippen LogP contribution < -0.4 is 0 Å². The van der Waals surface area contributed by atoms with E-state index in [1.807, 2.05) is 0 Å². The van der Waals surface area contributed by atoms with Crippen molar-refractivity contribution in [3.05, 3.63) is 158 Å². The van der Waals surface area contributed by atoms with Gasteiger partial charge in [-0.15, -0.1) is 0 Å². The number of carbonyl (C=O) groups excluding carboxylic acids is 3. The van der Waals surface area contributed by atoms with Gasteiger partial charge >= 0.3 is 33.6 Å². The molecule has 0 aliphatic rings. The van der Waals surface area contributed by atoms with E-state index in [4.69, 9.17) is 32.3 Å². The van der Waals surface area contributed by atoms with Crippen LogP contribution in [0.4, 0.5) is 0 Å². The average Bonchev–Trinajstić information content (AvgIpc) is 1.14. The largest absolute Gasteiger partial charge is 0.472 e. The number of hydrogen-bond acceptors (Lipinski definition) is 14. The summed E-state index contributed by atoms with van der Waals surface area (Å²) >= 11 is 0. The fourth-order valence-electron chi connectivity index (χ4n) is 9.87. The Morgan fingerprint density at radius 2 is 0.525 bits per heavy atom. The third-order valence-electron chi connectivity index (χ3n) is 15.7. The summed E-state index contributed by atoms with van der Waals surface area (Å²) in [5.74, 6) is -1.64. The van der Waals surface area contributed by atoms with Crippen LogP contribution in [0.25, 0.3) is 0 Å². The second kappa shape index (κ2) is 74.9. The van der Waals surface area contributed by atoms with Gasteiger partial charge in [0.1, 0.15) is 25.4 Å². The van der Waals surface area contributed by atoms with Gasteiger partial charge in [-0.3, -0.25) is 32.5 Å². The number of aliphatic hydroxyl groups is 2. The van der Waals surface area contributed by atoms with Crippen molar-refractivity contribution in [2.45, 2.75) is 309 Å². The lowest BCUT2D eigenvalue weighted by atomic mass is 10.1. The zero-order valence-electron chi connectivity index (χ0n) is 62.8. The molecule has 0 amide bonds. The number of aliphatic hydroxyl groups excluding tert-OH is 2. The third-order valence-corrected chi connectivity index (χ3v) is 17.6. The van der Waals surface area contributed by atoms with Gasteiger partial charge in [-0.25, -0.2) is 9.13 Å². The molecule has 0 bridgehead atoms. The van der Waals surface area contributed by atoms with E-state index in [0.717, 1.165) is 161 Å². The lowest BCUT2D eigenvalue weighted by Crippen LogP contribution is -2.30. The first-order valence-electron chi connectivity index (χ1n) is 38.8. The van der Waals surface area contributed by atoms with Crippen molar-refractivity contribution in [3.63, 3.8) is 0 Å². The van der Waals surface area contributed by atoms with Crippen LogP contribution in [-0.2, 0) is 55.8 Å². The quantitative estimate of drug-likeness (QED) is 0.0146. The second-order valence-electron chi connectivity index (χ2n) is 25.4. The number of unbranched alkanes of at least 4 members (excludes halogenated alkanes) is 23. The summed E-state index contributed by atoms with van der Waals surface area (Å²) < 4.78 is 61.1. The van der Waals surface area contributed by atoms with Crippen LogP contribution >= 0.6 is 15.6 Å². The fourth-order valence-corrected chi connectivity index (χ4v) is 11.5. The molecular weight excluding hydrogens is 1310 g/mol. The topological polar surface area (TPSA) is 231 Å². The fraction of sp³-hybridized carbons (Fsp3) is 0.651. The zero-order chi connectivity index (χ0) is 73.7. The van der Waals surface area contributed by atoms with E-state index >= 15 is 0 Å². The molecule has 0 aromatic heterocycles. The van der Waals surface area contributed by atoms with Crippen molar-refractivity contribution in [3.8, 4) is 0 Å². The first-order chi connectivity index (χ1) is 49.2. The Kier molecular flexibility index (Phi) is 71.3. The number of phosphoric acid groups is 2. The molecule has 0 heterocycles. The van der Waals surface area contributed by atoms with E-state index in [-0.39, 0.29) is 19.3 Å². The smallest absolute Gasteiger partial charge is 0.463 e. The van der Waals surface area contributed by atoms with Crippen molar-refractivity contribution in [2.24, 2.45) is 0 Å². The standard InChI is InChI=1S/C83H138O16P2/c1-4-7-10-13-16-19-22-25-28-30-32-34-35-36-37-38-39-40-41-43-45-46-49-51-54-57-60-63-66-69-81(86)93-72-78(84)73-95-100(89,90)96-74-79(85)75-97-101(91,92)98-77-80(99-83(88)71-68-65-62-59-56-53-48-27-24-21-18-15-12-9-6-3)76-94-82(87)70-67-64-61-58-55-52-50-47-44-42-33-31-29-26-23-20-17-14-11-8-5-2/h7-8,10-11,16-17,19-20,25-29,32-34,36-37,39-40,42,47-48,50,55,58,78-80,84-85H,4-6,9,12-15,18,21-24,30-31,35,38,41,43-46,49,51-54,56-57,59-77H2,1-3H3,(H,89,90)(H,91,92)/b10-7-,11-8-,19-16-,20-17-,28-25-,29-26-,34-32-,37-36-,40-39-,42-33-,48-27-,50-47-,58-55-. The second-order valence-corrected chi connectivity index (χ2v) is 28.3. The molecule has 0 rings (SSSR count). The molecule has 0 saturated carbocycles. The number of ether oxygens (including phenoxy) is 3. The number of rotatable bonds is 72. The minimum atomic E-state index is -4.95. The first-order valence-corrected chi connectivity index (χ1v) is 41.8. The molecule has 5 unspecified atom stereocenters. The van der Waals surface area contributed by atoms with Gasteiger partial charge in [0.05, 0.1) is 26.4 Å². The highest BCUT2D eigenvalue weighted by molar-refractivity contribution is 7.47. The molecule has 5 atom stereocenters. The van der Waals surface area contributed by atoms with Crippen molar-refractivity contribution in [1.82, 2.24) is 0 Å². The summed E-state index contributed by atoms with van der Waals surface area (Å²) in [5, 5.41) is 20.6. The number of carbonyl (C=O) groups is 3. The van der Waals surface area contributed by atoms with E-state index in [9.17, 15) is 43.5 Å². The normalized spacial score (nSPS) is 14.9. The molecule has 0 spiro atoms. The lowest BCUT2D eigenvalue weighted by Gasteiger charge is -2.21. The van der Waals surface area contributed by atoms with Crippen LogP contribution in [-0.4, -0.2) is 95.9 Å². The van der Waals surface area contributed by atoms with Crippen LogP contribution in [0, 0.1) is 0 Å². The lowest BCUT2D eigenvalue weighted by molar-refractivity contribution is -0.161. The molecule has 0 aromatic rings.